The van der Waals surface area contributed by atoms with E-state index in [1.54, 1.807) is 36.1 Å². The molecule has 0 radical (unpaired) electrons. The van der Waals surface area contributed by atoms with Gasteiger partial charge in [-0.3, -0.25) is 14.4 Å². The molecule has 2 aromatic carbocycles. The first-order chi connectivity index (χ1) is 16.5. The van der Waals surface area contributed by atoms with E-state index < -0.39 is 12.0 Å². The van der Waals surface area contributed by atoms with Crippen molar-refractivity contribution in [3.8, 4) is 23.0 Å². The molecule has 0 fully saturated rings. The zero-order valence-corrected chi connectivity index (χ0v) is 19.2. The van der Waals surface area contributed by atoms with Crippen LogP contribution >= 0.6 is 0 Å². The minimum absolute atomic E-state index is 0.0858. The highest BCUT2D eigenvalue weighted by Gasteiger charge is 2.51. The molecule has 0 aromatic heterocycles. The number of benzene rings is 2. The van der Waals surface area contributed by atoms with E-state index in [0.29, 0.717) is 58.3 Å². The maximum absolute atomic E-state index is 13.7. The molecule has 9 nitrogen and oxygen atoms in total. The zero-order valence-electron chi connectivity index (χ0n) is 19.2. The summed E-state index contributed by atoms with van der Waals surface area (Å²) in [6.45, 7) is 2.42. The Morgan fingerprint density at radius 3 is 2.41 bits per heavy atom. The predicted molar refractivity (Wildman–Crippen MR) is 119 cm³/mol. The number of amides is 1. The summed E-state index contributed by atoms with van der Waals surface area (Å²) in [5, 5.41) is 0. The smallest absolute Gasteiger partial charge is 0.305 e. The van der Waals surface area contributed by atoms with Crippen LogP contribution in [-0.2, 0) is 9.53 Å². The van der Waals surface area contributed by atoms with Crippen LogP contribution in [0.5, 0.6) is 23.0 Å². The fourth-order valence-electron chi connectivity index (χ4n) is 5.05. The van der Waals surface area contributed by atoms with Crippen LogP contribution in [0.4, 0.5) is 0 Å². The monoisotopic (exact) mass is 467 g/mol. The SMILES string of the molecule is CCOC(=O)CCCN1C(=O)c2cc(OC)c(OC)cc2[C@H]2C(=O)c3cc4c(cc3[C@H]21)OCO4. The standard InChI is InChI=1S/C25H25NO8/c1-4-32-21(27)6-5-7-26-23-14-9-19-20(34-12-33-19)10-15(14)24(28)22(23)13-8-17(30-2)18(31-3)11-16(13)25(26)29/h8-11,22-23H,4-7,12H2,1-3H3/t22-,23-/m1/s1. The second-order valence-corrected chi connectivity index (χ2v) is 8.28. The van der Waals surface area contributed by atoms with Gasteiger partial charge < -0.3 is 28.6 Å². The molecule has 2 atom stereocenters. The second-order valence-electron chi connectivity index (χ2n) is 8.28. The number of hydrogen-bond acceptors (Lipinski definition) is 8. The van der Waals surface area contributed by atoms with Gasteiger partial charge in [-0.15, -0.1) is 0 Å². The van der Waals surface area contributed by atoms with E-state index in [1.165, 1.54) is 14.2 Å². The van der Waals surface area contributed by atoms with Crippen LogP contribution < -0.4 is 18.9 Å². The Morgan fingerprint density at radius 1 is 1.00 bits per heavy atom. The molecule has 2 aliphatic heterocycles. The lowest BCUT2D eigenvalue weighted by Crippen LogP contribution is -2.42. The molecule has 0 N–H and O–H groups in total. The van der Waals surface area contributed by atoms with Crippen LogP contribution in [0.25, 0.3) is 0 Å². The van der Waals surface area contributed by atoms with Gasteiger partial charge >= 0.3 is 5.97 Å². The largest absolute Gasteiger partial charge is 0.493 e. The molecule has 34 heavy (non-hydrogen) atoms. The highest BCUT2D eigenvalue weighted by molar-refractivity contribution is 6.11. The van der Waals surface area contributed by atoms with Gasteiger partial charge in [-0.25, -0.2) is 0 Å². The van der Waals surface area contributed by atoms with Gasteiger partial charge in [0.15, 0.2) is 28.8 Å². The van der Waals surface area contributed by atoms with Crippen molar-refractivity contribution in [3.05, 3.63) is 46.5 Å². The summed E-state index contributed by atoms with van der Waals surface area (Å²) in [7, 11) is 3.01. The average molecular weight is 467 g/mol. The molecule has 0 spiro atoms. The maximum Gasteiger partial charge on any atom is 0.305 e. The van der Waals surface area contributed by atoms with Gasteiger partial charge in [0, 0.05) is 24.1 Å². The van der Waals surface area contributed by atoms with Gasteiger partial charge in [-0.1, -0.05) is 0 Å². The molecule has 0 unspecified atom stereocenters. The Kier molecular flexibility index (Phi) is 5.55. The molecular formula is C25H25NO8. The van der Waals surface area contributed by atoms with Crippen molar-refractivity contribution >= 4 is 17.7 Å². The van der Waals surface area contributed by atoms with E-state index in [4.69, 9.17) is 23.7 Å². The Bertz CT molecular complexity index is 1190. The van der Waals surface area contributed by atoms with Crippen LogP contribution in [0.15, 0.2) is 24.3 Å². The van der Waals surface area contributed by atoms with E-state index in [0.717, 1.165) is 0 Å². The highest BCUT2D eigenvalue weighted by Crippen LogP contribution is 2.54. The average Bonchev–Trinajstić information content (AvgIpc) is 3.41. The topological polar surface area (TPSA) is 101 Å². The summed E-state index contributed by atoms with van der Waals surface area (Å²) in [4.78, 5) is 41.0. The maximum atomic E-state index is 13.7. The second kappa shape index (κ2) is 8.55. The van der Waals surface area contributed by atoms with Crippen molar-refractivity contribution in [2.75, 3.05) is 34.2 Å². The van der Waals surface area contributed by atoms with Gasteiger partial charge in [-0.2, -0.15) is 0 Å². The number of fused-ring (bicyclic) bond motifs is 6. The number of nitrogens with zero attached hydrogens (tertiary/aromatic N) is 1. The highest BCUT2D eigenvalue weighted by atomic mass is 16.7. The first-order valence-electron chi connectivity index (χ1n) is 11.2. The quantitative estimate of drug-likeness (QED) is 0.572. The Labute approximate surface area is 196 Å². The molecule has 0 saturated heterocycles. The van der Waals surface area contributed by atoms with E-state index in [-0.39, 0.29) is 37.4 Å². The van der Waals surface area contributed by atoms with Gasteiger partial charge in [-0.05, 0) is 48.7 Å². The number of hydrogen-bond donors (Lipinski definition) is 0. The Balaban J connectivity index is 1.60. The first kappa shape index (κ1) is 22.1. The predicted octanol–water partition coefficient (Wildman–Crippen LogP) is 3.25. The Hall–Kier alpha value is -3.75. The number of carbonyl (C=O) groups excluding carboxylic acids is 3. The molecular weight excluding hydrogens is 442 g/mol. The van der Waals surface area contributed by atoms with Gasteiger partial charge in [0.2, 0.25) is 6.79 Å². The van der Waals surface area contributed by atoms with E-state index in [1.807, 2.05) is 0 Å². The summed E-state index contributed by atoms with van der Waals surface area (Å²) >= 11 is 0. The van der Waals surface area contributed by atoms with Crippen LogP contribution in [0.2, 0.25) is 0 Å². The summed E-state index contributed by atoms with van der Waals surface area (Å²) in [6, 6.07) is 6.28. The van der Waals surface area contributed by atoms with Crippen molar-refractivity contribution in [3.63, 3.8) is 0 Å². The minimum atomic E-state index is -0.618. The lowest BCUT2D eigenvalue weighted by atomic mass is 9.82. The zero-order chi connectivity index (χ0) is 24.0. The number of ketones is 1. The lowest BCUT2D eigenvalue weighted by molar-refractivity contribution is -0.143. The number of carbonyl (C=O) groups is 3. The molecule has 9 heteroatoms. The molecule has 0 saturated carbocycles. The number of Topliss-reactive ketones (excluding diaryl/α,β-unsaturated/α-hetero) is 1. The molecule has 2 aromatic rings. The fourth-order valence-corrected chi connectivity index (χ4v) is 5.05. The van der Waals surface area contributed by atoms with E-state index in [9.17, 15) is 14.4 Å². The van der Waals surface area contributed by atoms with Gasteiger partial charge in [0.25, 0.3) is 5.91 Å². The summed E-state index contributed by atoms with van der Waals surface area (Å²) in [5.74, 6) is 0.635. The van der Waals surface area contributed by atoms with Crippen molar-refractivity contribution in [2.24, 2.45) is 0 Å². The number of ether oxygens (including phenoxy) is 5. The third-order valence-corrected chi connectivity index (χ3v) is 6.53. The van der Waals surface area contributed by atoms with Crippen LogP contribution in [0.1, 0.15) is 63.6 Å². The number of esters is 1. The molecule has 2 heterocycles. The van der Waals surface area contributed by atoms with Crippen LogP contribution in [-0.4, -0.2) is 56.7 Å². The number of methoxy groups -OCH3 is 2. The third kappa shape index (κ3) is 3.34. The van der Waals surface area contributed by atoms with Crippen LogP contribution in [0.3, 0.4) is 0 Å². The third-order valence-electron chi connectivity index (χ3n) is 6.53. The summed E-state index contributed by atoms with van der Waals surface area (Å²) in [6.07, 6.45) is 0.584. The number of rotatable bonds is 7. The van der Waals surface area contributed by atoms with Gasteiger partial charge in [0.1, 0.15) is 0 Å². The van der Waals surface area contributed by atoms with Crippen molar-refractivity contribution in [1.82, 2.24) is 4.90 Å². The minimum Gasteiger partial charge on any atom is -0.493 e. The Morgan fingerprint density at radius 2 is 1.71 bits per heavy atom. The summed E-state index contributed by atoms with van der Waals surface area (Å²) in [5.41, 5.74) is 2.20. The normalized spacial score (nSPS) is 19.4. The van der Waals surface area contributed by atoms with Crippen LogP contribution in [0, 0.1) is 0 Å². The fraction of sp³-hybridized carbons (Fsp3) is 0.400. The molecule has 1 aliphatic carbocycles. The molecule has 3 aliphatic rings. The van der Waals surface area contributed by atoms with Gasteiger partial charge in [0.05, 0.1) is 32.8 Å². The summed E-state index contributed by atoms with van der Waals surface area (Å²) < 4.78 is 26.9. The van der Waals surface area contributed by atoms with Crippen molar-refractivity contribution < 1.29 is 38.1 Å². The van der Waals surface area contributed by atoms with Crippen molar-refractivity contribution in [2.45, 2.75) is 31.7 Å². The lowest BCUT2D eigenvalue weighted by Gasteiger charge is -2.39. The first-order valence-corrected chi connectivity index (χ1v) is 11.2. The molecule has 1 amide bonds. The molecule has 178 valence electrons. The molecule has 5 rings (SSSR count). The van der Waals surface area contributed by atoms with E-state index in [2.05, 4.69) is 0 Å². The van der Waals surface area contributed by atoms with E-state index >= 15 is 0 Å². The molecule has 0 bridgehead atoms. The van der Waals surface area contributed by atoms with Crippen molar-refractivity contribution in [1.29, 1.82) is 0 Å².